The molecule has 1 aliphatic heterocycles. The summed E-state index contributed by atoms with van der Waals surface area (Å²) in [6, 6.07) is 2.15. The number of aliphatic carboxylic acids is 1. The first-order valence-electron chi connectivity index (χ1n) is 6.17. The number of aryl methyl sites for hydroxylation is 1. The van der Waals surface area contributed by atoms with Crippen LogP contribution in [0.2, 0.25) is 0 Å². The number of rotatable bonds is 2. The molecule has 1 aromatic heterocycles. The highest BCUT2D eigenvalue weighted by molar-refractivity contribution is 5.73. The second-order valence-electron chi connectivity index (χ2n) is 5.05. The van der Waals surface area contributed by atoms with Crippen molar-refractivity contribution in [3.8, 4) is 6.07 Å². The van der Waals surface area contributed by atoms with Crippen molar-refractivity contribution in [3.05, 3.63) is 16.8 Å². The molecule has 100 valence electrons. The predicted molar refractivity (Wildman–Crippen MR) is 68.7 cm³/mol. The van der Waals surface area contributed by atoms with Gasteiger partial charge in [-0.3, -0.25) is 4.79 Å². The lowest BCUT2D eigenvalue weighted by molar-refractivity contribution is -0.142. The summed E-state index contributed by atoms with van der Waals surface area (Å²) in [7, 11) is 0. The minimum absolute atomic E-state index is 0.0347. The van der Waals surface area contributed by atoms with E-state index in [1.54, 1.807) is 6.92 Å². The maximum atomic E-state index is 11.1. The first kappa shape index (κ1) is 13.3. The van der Waals surface area contributed by atoms with Gasteiger partial charge in [-0.15, -0.1) is 5.10 Å². The average molecular weight is 260 g/mol. The van der Waals surface area contributed by atoms with Crippen LogP contribution in [0.3, 0.4) is 0 Å². The zero-order valence-corrected chi connectivity index (χ0v) is 11.2. The van der Waals surface area contributed by atoms with Crippen LogP contribution in [-0.4, -0.2) is 34.4 Å². The van der Waals surface area contributed by atoms with Crippen LogP contribution in [0.5, 0.6) is 0 Å². The normalized spacial score (nSPS) is 22.3. The van der Waals surface area contributed by atoms with Crippen LogP contribution in [0.4, 0.5) is 5.82 Å². The van der Waals surface area contributed by atoms with Crippen LogP contribution >= 0.6 is 0 Å². The van der Waals surface area contributed by atoms with Crippen molar-refractivity contribution >= 4 is 11.8 Å². The molecule has 19 heavy (non-hydrogen) atoms. The lowest BCUT2D eigenvalue weighted by atomic mass is 9.99. The van der Waals surface area contributed by atoms with Crippen molar-refractivity contribution in [1.29, 1.82) is 5.26 Å². The van der Waals surface area contributed by atoms with E-state index in [1.165, 1.54) is 0 Å². The molecular formula is C13H16N4O2. The number of nitriles is 1. The molecule has 2 unspecified atom stereocenters. The molecule has 0 bridgehead atoms. The predicted octanol–water partition coefficient (Wildman–Crippen LogP) is 1.12. The number of nitrogens with zero attached hydrogens (tertiary/aromatic N) is 4. The smallest absolute Gasteiger partial charge is 0.308 e. The van der Waals surface area contributed by atoms with E-state index in [-0.39, 0.29) is 5.92 Å². The summed E-state index contributed by atoms with van der Waals surface area (Å²) >= 11 is 0. The maximum absolute atomic E-state index is 11.1. The Hall–Kier alpha value is -2.16. The Bertz CT molecular complexity index is 564. The fraction of sp³-hybridized carbons (Fsp3) is 0.538. The largest absolute Gasteiger partial charge is 0.481 e. The first-order valence-corrected chi connectivity index (χ1v) is 6.17. The summed E-state index contributed by atoms with van der Waals surface area (Å²) in [6.07, 6.45) is 0. The van der Waals surface area contributed by atoms with Crippen molar-refractivity contribution in [2.45, 2.75) is 20.8 Å². The van der Waals surface area contributed by atoms with Gasteiger partial charge in [0.25, 0.3) is 0 Å². The highest BCUT2D eigenvalue weighted by Gasteiger charge is 2.36. The van der Waals surface area contributed by atoms with Crippen LogP contribution in [0.25, 0.3) is 0 Å². The van der Waals surface area contributed by atoms with Gasteiger partial charge in [0, 0.05) is 13.1 Å². The first-order chi connectivity index (χ1) is 8.95. The number of carbonyl (C=O) groups is 1. The summed E-state index contributed by atoms with van der Waals surface area (Å²) in [5.74, 6) is -0.686. The van der Waals surface area contributed by atoms with Gasteiger partial charge < -0.3 is 10.0 Å². The summed E-state index contributed by atoms with van der Waals surface area (Å²) in [5, 5.41) is 26.5. The molecule has 2 atom stereocenters. The van der Waals surface area contributed by atoms with Crippen LogP contribution < -0.4 is 4.90 Å². The van der Waals surface area contributed by atoms with E-state index in [9.17, 15) is 10.1 Å². The van der Waals surface area contributed by atoms with Gasteiger partial charge in [0.15, 0.2) is 5.82 Å². The molecule has 1 N–H and O–H groups in total. The van der Waals surface area contributed by atoms with Gasteiger partial charge in [-0.2, -0.15) is 10.4 Å². The van der Waals surface area contributed by atoms with E-state index < -0.39 is 11.9 Å². The standard InChI is InChI=1S/C13H16N4O2/c1-7-5-17(6-11(7)13(18)19)12-10(4-14)8(2)9(3)15-16-12/h7,11H,5-6H2,1-3H3,(H,18,19). The molecule has 2 rings (SSSR count). The zero-order chi connectivity index (χ0) is 14.2. The van der Waals surface area contributed by atoms with Crippen molar-refractivity contribution < 1.29 is 9.90 Å². The second kappa shape index (κ2) is 4.84. The maximum Gasteiger partial charge on any atom is 0.308 e. The number of aromatic nitrogens is 2. The summed E-state index contributed by atoms with van der Waals surface area (Å²) in [4.78, 5) is 13.0. The van der Waals surface area contributed by atoms with E-state index in [0.29, 0.717) is 24.5 Å². The highest BCUT2D eigenvalue weighted by Crippen LogP contribution is 2.30. The lowest BCUT2D eigenvalue weighted by Gasteiger charge is -2.18. The fourth-order valence-corrected chi connectivity index (χ4v) is 2.41. The van der Waals surface area contributed by atoms with Gasteiger partial charge in [0.2, 0.25) is 0 Å². The third-order valence-corrected chi connectivity index (χ3v) is 3.78. The Morgan fingerprint density at radius 3 is 2.63 bits per heavy atom. The van der Waals surface area contributed by atoms with Crippen LogP contribution in [-0.2, 0) is 4.79 Å². The summed E-state index contributed by atoms with van der Waals surface area (Å²) in [5.41, 5.74) is 2.02. The van der Waals surface area contributed by atoms with Gasteiger partial charge >= 0.3 is 5.97 Å². The summed E-state index contributed by atoms with van der Waals surface area (Å²) < 4.78 is 0. The van der Waals surface area contributed by atoms with E-state index >= 15 is 0 Å². The van der Waals surface area contributed by atoms with Gasteiger partial charge in [-0.05, 0) is 25.3 Å². The van der Waals surface area contributed by atoms with E-state index in [1.807, 2.05) is 18.7 Å². The number of hydrogen-bond donors (Lipinski definition) is 1. The molecule has 0 radical (unpaired) electrons. The Balaban J connectivity index is 2.37. The Labute approximate surface area is 111 Å². The van der Waals surface area contributed by atoms with E-state index in [2.05, 4.69) is 16.3 Å². The average Bonchev–Trinajstić information content (AvgIpc) is 2.74. The molecule has 0 aromatic carbocycles. The fourth-order valence-electron chi connectivity index (χ4n) is 2.41. The number of hydrogen-bond acceptors (Lipinski definition) is 5. The Morgan fingerprint density at radius 1 is 1.42 bits per heavy atom. The minimum Gasteiger partial charge on any atom is -0.481 e. The molecule has 0 spiro atoms. The quantitative estimate of drug-likeness (QED) is 0.857. The Kier molecular flexibility index (Phi) is 3.38. The van der Waals surface area contributed by atoms with Crippen molar-refractivity contribution in [3.63, 3.8) is 0 Å². The number of carboxylic acid groups (broad SMARTS) is 1. The molecule has 6 heteroatoms. The minimum atomic E-state index is -0.801. The van der Waals surface area contributed by atoms with Crippen molar-refractivity contribution in [2.24, 2.45) is 11.8 Å². The third-order valence-electron chi connectivity index (χ3n) is 3.78. The van der Waals surface area contributed by atoms with E-state index in [4.69, 9.17) is 5.11 Å². The second-order valence-corrected chi connectivity index (χ2v) is 5.05. The molecule has 0 amide bonds. The van der Waals surface area contributed by atoms with Crippen LogP contribution in [0.1, 0.15) is 23.7 Å². The zero-order valence-electron chi connectivity index (χ0n) is 11.2. The van der Waals surface area contributed by atoms with Gasteiger partial charge in [-0.25, -0.2) is 0 Å². The molecule has 1 aromatic rings. The van der Waals surface area contributed by atoms with Crippen molar-refractivity contribution in [1.82, 2.24) is 10.2 Å². The Morgan fingerprint density at radius 2 is 2.11 bits per heavy atom. The highest BCUT2D eigenvalue weighted by atomic mass is 16.4. The SMILES string of the molecule is Cc1nnc(N2CC(C)C(C(=O)O)C2)c(C#N)c1C. The topological polar surface area (TPSA) is 90.1 Å². The van der Waals surface area contributed by atoms with E-state index in [0.717, 1.165) is 11.3 Å². The molecule has 6 nitrogen and oxygen atoms in total. The van der Waals surface area contributed by atoms with Crippen molar-refractivity contribution in [2.75, 3.05) is 18.0 Å². The molecular weight excluding hydrogens is 244 g/mol. The van der Waals surface area contributed by atoms with Crippen LogP contribution in [0.15, 0.2) is 0 Å². The monoisotopic (exact) mass is 260 g/mol. The molecule has 2 heterocycles. The van der Waals surface area contributed by atoms with Gasteiger partial charge in [0.1, 0.15) is 11.6 Å². The third kappa shape index (κ3) is 2.24. The molecule has 1 saturated heterocycles. The lowest BCUT2D eigenvalue weighted by Crippen LogP contribution is -2.25. The number of carboxylic acids is 1. The molecule has 0 aliphatic carbocycles. The molecule has 0 saturated carbocycles. The molecule has 1 fully saturated rings. The summed E-state index contributed by atoms with van der Waals surface area (Å²) in [6.45, 7) is 6.50. The van der Waals surface area contributed by atoms with Crippen LogP contribution in [0, 0.1) is 37.0 Å². The van der Waals surface area contributed by atoms with Gasteiger partial charge in [-0.1, -0.05) is 6.92 Å². The van der Waals surface area contributed by atoms with Gasteiger partial charge in [0.05, 0.1) is 11.6 Å². The molecule has 1 aliphatic rings. The number of anilines is 1.